The fraction of sp³-hybridized carbons (Fsp3) is 0.0588. The van der Waals surface area contributed by atoms with Crippen molar-refractivity contribution < 1.29 is 4.74 Å². The zero-order chi connectivity index (χ0) is 13.8. The Morgan fingerprint density at radius 3 is 2.70 bits per heavy atom. The molecule has 20 heavy (non-hydrogen) atoms. The smallest absolute Gasteiger partial charge is 0.120 e. The third kappa shape index (κ3) is 2.60. The Morgan fingerprint density at radius 2 is 1.90 bits per heavy atom. The lowest BCUT2D eigenvalue weighted by molar-refractivity contribution is 0.306. The van der Waals surface area contributed by atoms with Gasteiger partial charge in [-0.2, -0.15) is 5.26 Å². The van der Waals surface area contributed by atoms with Crippen molar-refractivity contribution in [1.82, 2.24) is 4.98 Å². The molecule has 0 aliphatic carbocycles. The summed E-state index contributed by atoms with van der Waals surface area (Å²) in [7, 11) is 0. The van der Waals surface area contributed by atoms with Gasteiger partial charge < -0.3 is 4.74 Å². The Hall–Kier alpha value is -2.86. The Kier molecular flexibility index (Phi) is 3.30. The number of aromatic nitrogens is 1. The van der Waals surface area contributed by atoms with Crippen molar-refractivity contribution in [3.05, 3.63) is 71.9 Å². The monoisotopic (exact) mass is 260 g/mol. The number of hydrogen-bond acceptors (Lipinski definition) is 3. The number of benzene rings is 2. The predicted octanol–water partition coefficient (Wildman–Crippen LogP) is 3.69. The molecule has 0 saturated heterocycles. The highest BCUT2D eigenvalue weighted by Gasteiger charge is 1.99. The Labute approximate surface area is 117 Å². The summed E-state index contributed by atoms with van der Waals surface area (Å²) in [6, 6.07) is 19.3. The third-order valence-electron chi connectivity index (χ3n) is 3.06. The Bertz CT molecular complexity index is 773. The van der Waals surface area contributed by atoms with Crippen LogP contribution in [0.25, 0.3) is 10.9 Å². The molecule has 3 aromatic rings. The topological polar surface area (TPSA) is 45.9 Å². The second-order valence-corrected chi connectivity index (χ2v) is 4.46. The fourth-order valence-electron chi connectivity index (χ4n) is 1.99. The molecule has 0 bridgehead atoms. The van der Waals surface area contributed by atoms with E-state index in [1.165, 1.54) is 0 Å². The standard InChI is InChI=1S/C17H12N2O/c18-11-13-3-5-14(6-4-13)12-20-16-7-8-17-15(10-16)2-1-9-19-17/h1-10H,12H2. The van der Waals surface area contributed by atoms with Crippen molar-refractivity contribution in [3.8, 4) is 11.8 Å². The molecule has 2 aromatic carbocycles. The van der Waals surface area contributed by atoms with Crippen molar-refractivity contribution in [3.63, 3.8) is 0 Å². The van der Waals surface area contributed by atoms with Gasteiger partial charge >= 0.3 is 0 Å². The van der Waals surface area contributed by atoms with E-state index in [0.717, 1.165) is 22.2 Å². The lowest BCUT2D eigenvalue weighted by Crippen LogP contribution is -1.95. The maximum absolute atomic E-state index is 8.75. The molecule has 0 N–H and O–H groups in total. The molecule has 3 heteroatoms. The van der Waals surface area contributed by atoms with Crippen LogP contribution in [0.3, 0.4) is 0 Å². The normalized spacial score (nSPS) is 10.2. The van der Waals surface area contributed by atoms with Crippen molar-refractivity contribution >= 4 is 10.9 Å². The number of nitrogens with zero attached hydrogens (tertiary/aromatic N) is 2. The largest absolute Gasteiger partial charge is 0.489 e. The SMILES string of the molecule is N#Cc1ccc(COc2ccc3ncccc3c2)cc1. The maximum Gasteiger partial charge on any atom is 0.120 e. The highest BCUT2D eigenvalue weighted by Crippen LogP contribution is 2.20. The van der Waals surface area contributed by atoms with Crippen LogP contribution in [-0.2, 0) is 6.61 Å². The summed E-state index contributed by atoms with van der Waals surface area (Å²) in [5.41, 5.74) is 2.65. The van der Waals surface area contributed by atoms with Gasteiger partial charge in [0.2, 0.25) is 0 Å². The van der Waals surface area contributed by atoms with Crippen molar-refractivity contribution in [2.75, 3.05) is 0 Å². The van der Waals surface area contributed by atoms with Gasteiger partial charge in [-0.25, -0.2) is 0 Å². The van der Waals surface area contributed by atoms with Gasteiger partial charge in [0.15, 0.2) is 0 Å². The summed E-state index contributed by atoms with van der Waals surface area (Å²) in [5.74, 6) is 0.815. The molecule has 3 nitrogen and oxygen atoms in total. The van der Waals surface area contributed by atoms with Crippen LogP contribution in [0.2, 0.25) is 0 Å². The van der Waals surface area contributed by atoms with Crippen LogP contribution >= 0.6 is 0 Å². The summed E-state index contributed by atoms with van der Waals surface area (Å²) >= 11 is 0. The van der Waals surface area contributed by atoms with Crippen LogP contribution < -0.4 is 4.74 Å². The molecule has 0 fully saturated rings. The van der Waals surface area contributed by atoms with Crippen LogP contribution in [-0.4, -0.2) is 4.98 Å². The second-order valence-electron chi connectivity index (χ2n) is 4.46. The first-order chi connectivity index (χ1) is 9.85. The lowest BCUT2D eigenvalue weighted by atomic mass is 10.1. The maximum atomic E-state index is 8.75. The molecular weight excluding hydrogens is 248 g/mol. The van der Waals surface area contributed by atoms with Crippen LogP contribution in [0.5, 0.6) is 5.75 Å². The molecule has 0 radical (unpaired) electrons. The Morgan fingerprint density at radius 1 is 1.05 bits per heavy atom. The van der Waals surface area contributed by atoms with Crippen molar-refractivity contribution in [2.45, 2.75) is 6.61 Å². The third-order valence-corrected chi connectivity index (χ3v) is 3.06. The molecule has 0 saturated carbocycles. The first kappa shape index (κ1) is 12.2. The van der Waals surface area contributed by atoms with Crippen LogP contribution in [0.15, 0.2) is 60.8 Å². The summed E-state index contributed by atoms with van der Waals surface area (Å²) in [6.45, 7) is 0.484. The molecule has 96 valence electrons. The number of fused-ring (bicyclic) bond motifs is 1. The highest BCUT2D eigenvalue weighted by atomic mass is 16.5. The molecule has 0 aliphatic rings. The summed E-state index contributed by atoms with van der Waals surface area (Å²) in [6.07, 6.45) is 1.78. The van der Waals surface area contributed by atoms with Crippen LogP contribution in [0.4, 0.5) is 0 Å². The minimum atomic E-state index is 0.484. The molecule has 0 atom stereocenters. The van der Waals surface area contributed by atoms with E-state index in [0.29, 0.717) is 12.2 Å². The van der Waals surface area contributed by atoms with E-state index in [4.69, 9.17) is 10.00 Å². The number of hydrogen-bond donors (Lipinski definition) is 0. The molecule has 3 rings (SSSR count). The van der Waals surface area contributed by atoms with Crippen LogP contribution in [0, 0.1) is 11.3 Å². The Balaban J connectivity index is 1.74. The first-order valence-corrected chi connectivity index (χ1v) is 6.32. The van der Waals surface area contributed by atoms with E-state index in [-0.39, 0.29) is 0 Å². The quantitative estimate of drug-likeness (QED) is 0.721. The average molecular weight is 260 g/mol. The zero-order valence-corrected chi connectivity index (χ0v) is 10.8. The minimum Gasteiger partial charge on any atom is -0.489 e. The van der Waals surface area contributed by atoms with Gasteiger partial charge in [-0.3, -0.25) is 4.98 Å². The average Bonchev–Trinajstić information content (AvgIpc) is 2.53. The van der Waals surface area contributed by atoms with Gasteiger partial charge in [0.05, 0.1) is 17.1 Å². The molecule has 1 heterocycles. The van der Waals surface area contributed by atoms with E-state index in [1.54, 1.807) is 18.3 Å². The number of rotatable bonds is 3. The fourth-order valence-corrected chi connectivity index (χ4v) is 1.99. The first-order valence-electron chi connectivity index (χ1n) is 6.32. The predicted molar refractivity (Wildman–Crippen MR) is 77.2 cm³/mol. The van der Waals surface area contributed by atoms with Gasteiger partial charge in [0, 0.05) is 11.6 Å². The van der Waals surface area contributed by atoms with Gasteiger partial charge in [0.1, 0.15) is 12.4 Å². The van der Waals surface area contributed by atoms with E-state index >= 15 is 0 Å². The van der Waals surface area contributed by atoms with Gasteiger partial charge in [0.25, 0.3) is 0 Å². The highest BCUT2D eigenvalue weighted by molar-refractivity contribution is 5.79. The van der Waals surface area contributed by atoms with E-state index in [1.807, 2.05) is 42.5 Å². The summed E-state index contributed by atoms with van der Waals surface area (Å²) in [5, 5.41) is 9.81. The van der Waals surface area contributed by atoms with E-state index in [9.17, 15) is 0 Å². The minimum absolute atomic E-state index is 0.484. The van der Waals surface area contributed by atoms with Crippen molar-refractivity contribution in [2.24, 2.45) is 0 Å². The van der Waals surface area contributed by atoms with Crippen LogP contribution in [0.1, 0.15) is 11.1 Å². The number of ether oxygens (including phenoxy) is 1. The van der Waals surface area contributed by atoms with Gasteiger partial charge in [-0.15, -0.1) is 0 Å². The van der Waals surface area contributed by atoms with E-state index in [2.05, 4.69) is 11.1 Å². The van der Waals surface area contributed by atoms with E-state index < -0.39 is 0 Å². The zero-order valence-electron chi connectivity index (χ0n) is 10.8. The lowest BCUT2D eigenvalue weighted by Gasteiger charge is -2.07. The molecule has 1 aromatic heterocycles. The number of nitriles is 1. The molecule has 0 spiro atoms. The van der Waals surface area contributed by atoms with Gasteiger partial charge in [-0.05, 0) is 42.0 Å². The molecule has 0 amide bonds. The molecule has 0 unspecified atom stereocenters. The summed E-state index contributed by atoms with van der Waals surface area (Å²) in [4.78, 5) is 4.27. The summed E-state index contributed by atoms with van der Waals surface area (Å²) < 4.78 is 5.76. The van der Waals surface area contributed by atoms with Gasteiger partial charge in [-0.1, -0.05) is 18.2 Å². The molecule has 0 aliphatic heterocycles. The van der Waals surface area contributed by atoms with Crippen molar-refractivity contribution in [1.29, 1.82) is 5.26 Å². The number of pyridine rings is 1. The molecular formula is C17H12N2O. The second kappa shape index (κ2) is 5.41.